The summed E-state index contributed by atoms with van der Waals surface area (Å²) in [5.41, 5.74) is 0.956. The maximum Gasteiger partial charge on any atom is 0.230 e. The van der Waals surface area contributed by atoms with E-state index in [0.29, 0.717) is 18.4 Å². The molecule has 1 saturated carbocycles. The molecule has 2 saturated heterocycles. The molecule has 136 valence electrons. The van der Waals surface area contributed by atoms with Crippen molar-refractivity contribution in [3.05, 3.63) is 18.1 Å². The van der Waals surface area contributed by atoms with Crippen molar-refractivity contribution in [2.24, 2.45) is 5.41 Å². The van der Waals surface area contributed by atoms with E-state index in [-0.39, 0.29) is 5.41 Å². The second kappa shape index (κ2) is 6.90. The minimum atomic E-state index is -0.212. The van der Waals surface area contributed by atoms with Crippen LogP contribution >= 0.6 is 0 Å². The molecule has 0 bridgehead atoms. The molecule has 0 N–H and O–H groups in total. The van der Waals surface area contributed by atoms with Gasteiger partial charge in [0.1, 0.15) is 12.1 Å². The molecule has 0 radical (unpaired) electrons. The molecule has 1 aliphatic carbocycles. The van der Waals surface area contributed by atoms with Gasteiger partial charge in [0.2, 0.25) is 5.91 Å². The fourth-order valence-corrected chi connectivity index (χ4v) is 4.35. The van der Waals surface area contributed by atoms with Gasteiger partial charge in [-0.3, -0.25) is 4.79 Å². The SMILES string of the molecule is COCCCN1CCCC2(CCN(c3cc(C4CC4)ncn3)C2)C1=O. The van der Waals surface area contributed by atoms with E-state index in [1.807, 2.05) is 0 Å². The number of hydrogen-bond donors (Lipinski definition) is 0. The maximum atomic E-state index is 13.1. The average molecular weight is 344 g/mol. The van der Waals surface area contributed by atoms with Crippen LogP contribution in [0, 0.1) is 5.41 Å². The van der Waals surface area contributed by atoms with Crippen LogP contribution in [0.4, 0.5) is 5.82 Å². The Morgan fingerprint density at radius 1 is 1.28 bits per heavy atom. The lowest BCUT2D eigenvalue weighted by Crippen LogP contribution is -2.50. The minimum absolute atomic E-state index is 0.212. The Kier molecular flexibility index (Phi) is 4.63. The molecule has 0 aromatic carbocycles. The van der Waals surface area contributed by atoms with Crippen LogP contribution in [0.15, 0.2) is 12.4 Å². The summed E-state index contributed by atoms with van der Waals surface area (Å²) in [4.78, 5) is 26.4. The van der Waals surface area contributed by atoms with E-state index in [9.17, 15) is 4.79 Å². The van der Waals surface area contributed by atoms with E-state index in [2.05, 4.69) is 25.8 Å². The smallest absolute Gasteiger partial charge is 0.230 e. The average Bonchev–Trinajstić information content (AvgIpc) is 3.40. The van der Waals surface area contributed by atoms with Crippen molar-refractivity contribution in [2.45, 2.75) is 44.4 Å². The Labute approximate surface area is 149 Å². The fraction of sp³-hybridized carbons (Fsp3) is 0.737. The normalized spacial score (nSPS) is 26.7. The van der Waals surface area contributed by atoms with Crippen LogP contribution in [0.3, 0.4) is 0 Å². The van der Waals surface area contributed by atoms with Crippen molar-refractivity contribution < 1.29 is 9.53 Å². The molecule has 1 spiro atoms. The third-order valence-corrected chi connectivity index (χ3v) is 5.95. The summed E-state index contributed by atoms with van der Waals surface area (Å²) < 4.78 is 5.14. The van der Waals surface area contributed by atoms with Gasteiger partial charge in [0.15, 0.2) is 0 Å². The Hall–Kier alpha value is -1.69. The van der Waals surface area contributed by atoms with Crippen molar-refractivity contribution in [2.75, 3.05) is 44.8 Å². The lowest BCUT2D eigenvalue weighted by atomic mass is 9.78. The molecule has 1 atom stereocenters. The molecule has 1 aromatic heterocycles. The van der Waals surface area contributed by atoms with E-state index in [0.717, 1.165) is 57.7 Å². The Morgan fingerprint density at radius 3 is 2.96 bits per heavy atom. The zero-order chi connectivity index (χ0) is 17.3. The van der Waals surface area contributed by atoms with Gasteiger partial charge in [0, 0.05) is 57.6 Å². The van der Waals surface area contributed by atoms with Crippen molar-refractivity contribution >= 4 is 11.7 Å². The van der Waals surface area contributed by atoms with Gasteiger partial charge in [0.05, 0.1) is 5.41 Å². The Morgan fingerprint density at radius 2 is 2.16 bits per heavy atom. The number of hydrogen-bond acceptors (Lipinski definition) is 5. The standard InChI is InChI=1S/C19H28N4O2/c1-25-11-3-9-22-8-2-6-19(18(22)24)7-10-23(13-19)17-12-16(15-4-5-15)20-14-21-17/h12,14-15H,2-11,13H2,1H3. The van der Waals surface area contributed by atoms with Crippen LogP contribution in [0.5, 0.6) is 0 Å². The fourth-order valence-electron chi connectivity index (χ4n) is 4.35. The van der Waals surface area contributed by atoms with Crippen LogP contribution in [0.2, 0.25) is 0 Å². The lowest BCUT2D eigenvalue weighted by Gasteiger charge is -2.39. The molecule has 4 rings (SSSR count). The second-order valence-electron chi connectivity index (χ2n) is 7.77. The minimum Gasteiger partial charge on any atom is -0.385 e. The molecule has 3 fully saturated rings. The van der Waals surface area contributed by atoms with E-state index >= 15 is 0 Å². The number of amides is 1. The zero-order valence-corrected chi connectivity index (χ0v) is 15.1. The molecule has 1 aromatic rings. The van der Waals surface area contributed by atoms with Gasteiger partial charge in [-0.25, -0.2) is 9.97 Å². The highest BCUT2D eigenvalue weighted by molar-refractivity contribution is 5.85. The highest BCUT2D eigenvalue weighted by Gasteiger charge is 2.48. The highest BCUT2D eigenvalue weighted by Crippen LogP contribution is 2.43. The number of aromatic nitrogens is 2. The Bertz CT molecular complexity index is 634. The van der Waals surface area contributed by atoms with Gasteiger partial charge in [-0.05, 0) is 38.5 Å². The largest absolute Gasteiger partial charge is 0.385 e. The number of ether oxygens (including phenoxy) is 1. The van der Waals surface area contributed by atoms with Gasteiger partial charge in [-0.1, -0.05) is 0 Å². The highest BCUT2D eigenvalue weighted by atomic mass is 16.5. The van der Waals surface area contributed by atoms with Crippen LogP contribution in [-0.4, -0.2) is 60.7 Å². The Balaban J connectivity index is 1.44. The molecule has 1 amide bonds. The first kappa shape index (κ1) is 16.8. The number of carbonyl (C=O) groups excluding carboxylic acids is 1. The van der Waals surface area contributed by atoms with Crippen molar-refractivity contribution in [3.63, 3.8) is 0 Å². The zero-order valence-electron chi connectivity index (χ0n) is 15.1. The number of piperidine rings is 1. The van der Waals surface area contributed by atoms with Crippen LogP contribution in [-0.2, 0) is 9.53 Å². The molecule has 3 aliphatic rings. The van der Waals surface area contributed by atoms with Crippen molar-refractivity contribution in [1.29, 1.82) is 0 Å². The van der Waals surface area contributed by atoms with Crippen LogP contribution < -0.4 is 4.90 Å². The predicted octanol–water partition coefficient (Wildman–Crippen LogP) is 2.21. The van der Waals surface area contributed by atoms with E-state index in [1.165, 1.54) is 18.5 Å². The van der Waals surface area contributed by atoms with E-state index < -0.39 is 0 Å². The van der Waals surface area contributed by atoms with Crippen LogP contribution in [0.1, 0.15) is 50.1 Å². The molecule has 25 heavy (non-hydrogen) atoms. The summed E-state index contributed by atoms with van der Waals surface area (Å²) in [5.74, 6) is 1.97. The van der Waals surface area contributed by atoms with Crippen LogP contribution in [0.25, 0.3) is 0 Å². The van der Waals surface area contributed by atoms with Gasteiger partial charge >= 0.3 is 0 Å². The molecule has 1 unspecified atom stereocenters. The van der Waals surface area contributed by atoms with Crippen molar-refractivity contribution in [3.8, 4) is 0 Å². The van der Waals surface area contributed by atoms with E-state index in [4.69, 9.17) is 4.74 Å². The topological polar surface area (TPSA) is 58.6 Å². The van der Waals surface area contributed by atoms with E-state index in [1.54, 1.807) is 13.4 Å². The number of rotatable bonds is 6. The maximum absolute atomic E-state index is 13.1. The summed E-state index contributed by atoms with van der Waals surface area (Å²) in [6.07, 6.45) is 8.14. The first-order valence-corrected chi connectivity index (χ1v) is 9.57. The van der Waals surface area contributed by atoms with Crippen molar-refractivity contribution in [1.82, 2.24) is 14.9 Å². The van der Waals surface area contributed by atoms with Gasteiger partial charge in [-0.2, -0.15) is 0 Å². The molecule has 2 aliphatic heterocycles. The summed E-state index contributed by atoms with van der Waals surface area (Å²) >= 11 is 0. The first-order chi connectivity index (χ1) is 12.2. The van der Waals surface area contributed by atoms with Gasteiger partial charge in [0.25, 0.3) is 0 Å². The molecule has 3 heterocycles. The molecular weight excluding hydrogens is 316 g/mol. The van der Waals surface area contributed by atoms with Gasteiger partial charge < -0.3 is 14.5 Å². The summed E-state index contributed by atoms with van der Waals surface area (Å²) in [7, 11) is 1.71. The monoisotopic (exact) mass is 344 g/mol. The predicted molar refractivity (Wildman–Crippen MR) is 95.6 cm³/mol. The quantitative estimate of drug-likeness (QED) is 0.741. The third kappa shape index (κ3) is 3.36. The molecule has 6 nitrogen and oxygen atoms in total. The van der Waals surface area contributed by atoms with Gasteiger partial charge in [-0.15, -0.1) is 0 Å². The number of nitrogens with zero attached hydrogens (tertiary/aromatic N) is 4. The third-order valence-electron chi connectivity index (χ3n) is 5.95. The lowest BCUT2D eigenvalue weighted by molar-refractivity contribution is -0.145. The number of carbonyl (C=O) groups is 1. The first-order valence-electron chi connectivity index (χ1n) is 9.57. The second-order valence-corrected chi connectivity index (χ2v) is 7.77. The molecule has 6 heteroatoms. The number of methoxy groups -OCH3 is 1. The summed E-state index contributed by atoms with van der Waals surface area (Å²) in [5, 5.41) is 0. The number of anilines is 1. The summed E-state index contributed by atoms with van der Waals surface area (Å²) in [6, 6.07) is 2.14. The molecular formula is C19H28N4O2. The summed E-state index contributed by atoms with van der Waals surface area (Å²) in [6.45, 7) is 4.14. The number of likely N-dealkylation sites (tertiary alicyclic amines) is 1.